The van der Waals surface area contributed by atoms with Gasteiger partial charge in [-0.2, -0.15) is 0 Å². The van der Waals surface area contributed by atoms with Crippen molar-refractivity contribution in [3.8, 4) is 5.75 Å². The highest BCUT2D eigenvalue weighted by Gasteiger charge is 2.12. The Balaban J connectivity index is 1.70. The molecule has 1 amide bonds. The molecule has 26 heavy (non-hydrogen) atoms. The average Bonchev–Trinajstić information content (AvgIpc) is 2.65. The van der Waals surface area contributed by atoms with Crippen molar-refractivity contribution >= 4 is 35.2 Å². The molecule has 0 saturated carbocycles. The molecule has 5 nitrogen and oxygen atoms in total. The zero-order chi connectivity index (χ0) is 18.9. The van der Waals surface area contributed by atoms with E-state index in [0.29, 0.717) is 5.02 Å². The molecule has 0 fully saturated rings. The highest BCUT2D eigenvalue weighted by atomic mass is 35.5. The van der Waals surface area contributed by atoms with Crippen LogP contribution in [0.4, 0.5) is 0 Å². The van der Waals surface area contributed by atoms with Crippen LogP contribution in [-0.2, 0) is 14.3 Å². The molecule has 0 radical (unpaired) electrons. The van der Waals surface area contributed by atoms with Crippen LogP contribution in [0.5, 0.6) is 5.75 Å². The van der Waals surface area contributed by atoms with E-state index in [1.807, 2.05) is 43.3 Å². The van der Waals surface area contributed by atoms with Crippen molar-refractivity contribution in [2.75, 3.05) is 19.5 Å². The molecule has 0 heterocycles. The normalized spacial score (nSPS) is 11.5. The van der Waals surface area contributed by atoms with Gasteiger partial charge in [0.05, 0.1) is 18.9 Å². The minimum Gasteiger partial charge on any atom is -0.497 e. The third-order valence-corrected chi connectivity index (χ3v) is 4.77. The molecule has 138 valence electrons. The topological polar surface area (TPSA) is 64.6 Å². The fourth-order valence-electron chi connectivity index (χ4n) is 2.12. The smallest absolute Gasteiger partial charge is 0.316 e. The van der Waals surface area contributed by atoms with Gasteiger partial charge in [0.2, 0.25) is 0 Å². The number of esters is 1. The highest BCUT2D eigenvalue weighted by molar-refractivity contribution is 8.00. The molecular formula is C19H20ClNO4S. The Morgan fingerprint density at radius 1 is 1.12 bits per heavy atom. The molecule has 0 bridgehead atoms. The molecule has 0 saturated heterocycles. The zero-order valence-electron chi connectivity index (χ0n) is 14.5. The lowest BCUT2D eigenvalue weighted by Gasteiger charge is -2.14. The van der Waals surface area contributed by atoms with Gasteiger partial charge in [-0.15, -0.1) is 11.8 Å². The summed E-state index contributed by atoms with van der Waals surface area (Å²) in [7, 11) is 1.60. The van der Waals surface area contributed by atoms with Crippen molar-refractivity contribution in [2.24, 2.45) is 0 Å². The molecule has 0 spiro atoms. The number of amides is 1. The zero-order valence-corrected chi connectivity index (χ0v) is 16.1. The number of methoxy groups -OCH3 is 1. The van der Waals surface area contributed by atoms with Gasteiger partial charge in [0.1, 0.15) is 5.75 Å². The molecule has 0 aliphatic heterocycles. The van der Waals surface area contributed by atoms with Crippen molar-refractivity contribution in [2.45, 2.75) is 17.9 Å². The molecule has 0 aromatic heterocycles. The lowest BCUT2D eigenvalue weighted by molar-refractivity contribution is -0.146. The van der Waals surface area contributed by atoms with Gasteiger partial charge < -0.3 is 14.8 Å². The molecule has 1 N–H and O–H groups in total. The summed E-state index contributed by atoms with van der Waals surface area (Å²) in [4.78, 5) is 24.6. The van der Waals surface area contributed by atoms with E-state index >= 15 is 0 Å². The summed E-state index contributed by atoms with van der Waals surface area (Å²) in [6.45, 7) is 1.54. The van der Waals surface area contributed by atoms with Crippen LogP contribution < -0.4 is 10.1 Å². The first-order valence-electron chi connectivity index (χ1n) is 7.95. The fourth-order valence-corrected chi connectivity index (χ4v) is 2.94. The summed E-state index contributed by atoms with van der Waals surface area (Å²) < 4.78 is 10.1. The van der Waals surface area contributed by atoms with Crippen molar-refractivity contribution in [3.05, 3.63) is 59.1 Å². The van der Waals surface area contributed by atoms with E-state index in [1.165, 1.54) is 11.8 Å². The van der Waals surface area contributed by atoms with Gasteiger partial charge >= 0.3 is 5.97 Å². The predicted molar refractivity (Wildman–Crippen MR) is 103 cm³/mol. The van der Waals surface area contributed by atoms with E-state index in [0.717, 1.165) is 16.2 Å². The molecule has 7 heteroatoms. The molecule has 0 aliphatic rings. The van der Waals surface area contributed by atoms with Crippen LogP contribution in [0.15, 0.2) is 53.4 Å². The number of rotatable bonds is 8. The van der Waals surface area contributed by atoms with Gasteiger partial charge in [0, 0.05) is 9.92 Å². The van der Waals surface area contributed by atoms with Gasteiger partial charge in [-0.3, -0.25) is 9.59 Å². The Labute approximate surface area is 162 Å². The van der Waals surface area contributed by atoms with Crippen LogP contribution >= 0.6 is 23.4 Å². The van der Waals surface area contributed by atoms with E-state index in [4.69, 9.17) is 21.1 Å². The Morgan fingerprint density at radius 2 is 1.77 bits per heavy atom. The maximum atomic E-state index is 11.9. The van der Waals surface area contributed by atoms with Crippen LogP contribution in [0.3, 0.4) is 0 Å². The van der Waals surface area contributed by atoms with Crippen LogP contribution in [0.2, 0.25) is 5.02 Å². The Morgan fingerprint density at radius 3 is 2.38 bits per heavy atom. The van der Waals surface area contributed by atoms with E-state index in [2.05, 4.69) is 5.32 Å². The third kappa shape index (κ3) is 6.61. The van der Waals surface area contributed by atoms with Crippen molar-refractivity contribution in [3.63, 3.8) is 0 Å². The Bertz CT molecular complexity index is 734. The molecule has 0 aliphatic carbocycles. The predicted octanol–water partition coefficient (Wildman–Crippen LogP) is 3.86. The van der Waals surface area contributed by atoms with Gasteiger partial charge in [-0.1, -0.05) is 23.7 Å². The summed E-state index contributed by atoms with van der Waals surface area (Å²) in [6.07, 6.45) is 0. The number of ether oxygens (including phenoxy) is 2. The first-order valence-corrected chi connectivity index (χ1v) is 9.31. The van der Waals surface area contributed by atoms with Gasteiger partial charge in [0.15, 0.2) is 6.61 Å². The van der Waals surface area contributed by atoms with E-state index in [-0.39, 0.29) is 24.3 Å². The Kier molecular flexibility index (Phi) is 7.81. The summed E-state index contributed by atoms with van der Waals surface area (Å²) in [5.41, 5.74) is 0.920. The third-order valence-electron chi connectivity index (χ3n) is 3.53. The summed E-state index contributed by atoms with van der Waals surface area (Å²) in [5, 5.41) is 3.41. The first kappa shape index (κ1) is 20.1. The van der Waals surface area contributed by atoms with Crippen LogP contribution in [0.1, 0.15) is 18.5 Å². The van der Waals surface area contributed by atoms with Gasteiger partial charge in [-0.05, 0) is 48.9 Å². The molecule has 2 rings (SSSR count). The van der Waals surface area contributed by atoms with Crippen molar-refractivity contribution in [1.29, 1.82) is 0 Å². The highest BCUT2D eigenvalue weighted by Crippen LogP contribution is 2.21. The Hall–Kier alpha value is -2.18. The van der Waals surface area contributed by atoms with Crippen molar-refractivity contribution < 1.29 is 19.1 Å². The van der Waals surface area contributed by atoms with Gasteiger partial charge in [0.25, 0.3) is 5.91 Å². The van der Waals surface area contributed by atoms with Crippen molar-refractivity contribution in [1.82, 2.24) is 5.32 Å². The maximum Gasteiger partial charge on any atom is 0.316 e. The minimum atomic E-state index is -0.444. The number of halogens is 1. The number of thioether (sulfide) groups is 1. The standard InChI is InChI=1S/C19H20ClNO4S/c1-13(14-3-5-15(20)6-4-14)21-18(22)11-25-19(23)12-26-17-9-7-16(24-2)8-10-17/h3-10,13H,11-12H2,1-2H3,(H,21,22)/t13-/m1/s1. The van der Waals surface area contributed by atoms with Crippen LogP contribution in [-0.4, -0.2) is 31.3 Å². The number of hydrogen-bond acceptors (Lipinski definition) is 5. The monoisotopic (exact) mass is 393 g/mol. The lowest BCUT2D eigenvalue weighted by atomic mass is 10.1. The van der Waals surface area contributed by atoms with Crippen LogP contribution in [0.25, 0.3) is 0 Å². The molecule has 1 atom stereocenters. The SMILES string of the molecule is COc1ccc(SCC(=O)OCC(=O)N[C@H](C)c2ccc(Cl)cc2)cc1. The molecule has 0 unspecified atom stereocenters. The van der Waals surface area contributed by atoms with E-state index in [9.17, 15) is 9.59 Å². The lowest BCUT2D eigenvalue weighted by Crippen LogP contribution is -2.31. The summed E-state index contributed by atoms with van der Waals surface area (Å²) in [5.74, 6) is 0.0885. The summed E-state index contributed by atoms with van der Waals surface area (Å²) in [6, 6.07) is 14.3. The number of nitrogens with one attached hydrogen (secondary N) is 1. The number of hydrogen-bond donors (Lipinski definition) is 1. The quantitative estimate of drug-likeness (QED) is 0.545. The van der Waals surface area contributed by atoms with Gasteiger partial charge in [-0.25, -0.2) is 0 Å². The number of benzene rings is 2. The molecule has 2 aromatic rings. The first-order chi connectivity index (χ1) is 12.5. The van der Waals surface area contributed by atoms with E-state index < -0.39 is 5.97 Å². The summed E-state index contributed by atoms with van der Waals surface area (Å²) >= 11 is 7.18. The second kappa shape index (κ2) is 10.1. The molecular weight excluding hydrogens is 374 g/mol. The number of carbonyl (C=O) groups is 2. The fraction of sp³-hybridized carbons (Fsp3) is 0.263. The van der Waals surface area contributed by atoms with Crippen LogP contribution in [0, 0.1) is 0 Å². The average molecular weight is 394 g/mol. The molecule has 2 aromatic carbocycles. The largest absolute Gasteiger partial charge is 0.497 e. The minimum absolute atomic E-state index is 0.131. The van der Waals surface area contributed by atoms with E-state index in [1.54, 1.807) is 19.2 Å². The maximum absolute atomic E-state index is 11.9. The second-order valence-electron chi connectivity index (χ2n) is 5.47. The second-order valence-corrected chi connectivity index (χ2v) is 6.95. The number of carbonyl (C=O) groups excluding carboxylic acids is 2.